The predicted octanol–water partition coefficient (Wildman–Crippen LogP) is 14.2. The minimum Gasteiger partial charge on any atom is -0.469 e. The number of carbonyl (C=O) groups excluding carboxylic acids is 4. The molecule has 0 aliphatic carbocycles. The van der Waals surface area contributed by atoms with Gasteiger partial charge < -0.3 is 54.1 Å². The van der Waals surface area contributed by atoms with E-state index in [1.165, 1.54) is 28.4 Å². The molecule has 3 unspecified atom stereocenters. The predicted molar refractivity (Wildman–Crippen MR) is 364 cm³/mol. The maximum atomic E-state index is 12.8. The average molecular weight is 1250 g/mol. The lowest BCUT2D eigenvalue weighted by molar-refractivity contribution is -0.141. The molecule has 0 saturated carbocycles. The number of rotatable bonds is 18. The number of hydrogen-bond donors (Lipinski definition) is 6. The molecule has 8 rings (SSSR count). The smallest absolute Gasteiger partial charge is 0.305 e. The highest BCUT2D eigenvalue weighted by Crippen LogP contribution is 2.39. The Labute approximate surface area is 537 Å². The van der Waals surface area contributed by atoms with Gasteiger partial charge >= 0.3 is 23.9 Å². The van der Waals surface area contributed by atoms with Gasteiger partial charge in [0.25, 0.3) is 0 Å². The van der Waals surface area contributed by atoms with Crippen LogP contribution < -0.4 is 10.7 Å². The lowest BCUT2D eigenvalue weighted by atomic mass is 9.98. The lowest BCUT2D eigenvalue weighted by Gasteiger charge is -2.22. The Hall–Kier alpha value is -9.26. The molecule has 6 N–H and O–H groups in total. The van der Waals surface area contributed by atoms with Gasteiger partial charge in [-0.2, -0.15) is 0 Å². The van der Waals surface area contributed by atoms with Gasteiger partial charge in [-0.05, 0) is 235 Å². The van der Waals surface area contributed by atoms with E-state index in [2.05, 4.69) is 45.6 Å². The number of esters is 4. The third-order valence-corrected chi connectivity index (χ3v) is 18.3. The van der Waals surface area contributed by atoms with Gasteiger partial charge in [0.2, 0.25) is 0 Å². The Morgan fingerprint density at radius 3 is 1.55 bits per heavy atom. The third-order valence-electron chi connectivity index (χ3n) is 18.3. The number of aromatic amines is 4. The number of carbonyl (C=O) groups is 4. The molecule has 18 nitrogen and oxygen atoms in total. The van der Waals surface area contributed by atoms with Gasteiger partial charge in [-0.3, -0.25) is 24.2 Å². The summed E-state index contributed by atoms with van der Waals surface area (Å²) in [6.07, 6.45) is 1.67. The van der Waals surface area contributed by atoms with Crippen molar-refractivity contribution in [3.63, 3.8) is 0 Å². The summed E-state index contributed by atoms with van der Waals surface area (Å²) in [5, 5.41) is 22.2. The summed E-state index contributed by atoms with van der Waals surface area (Å²) in [6.45, 7) is 27.9. The van der Waals surface area contributed by atoms with Crippen molar-refractivity contribution in [3.8, 4) is 0 Å². The molecule has 0 spiro atoms. The van der Waals surface area contributed by atoms with E-state index < -0.39 is 18.3 Å². The van der Waals surface area contributed by atoms with Crippen molar-refractivity contribution in [2.45, 2.75) is 153 Å². The molecule has 484 valence electrons. The van der Waals surface area contributed by atoms with Crippen molar-refractivity contribution in [1.82, 2.24) is 29.9 Å². The van der Waals surface area contributed by atoms with Gasteiger partial charge in [-0.25, -0.2) is 9.97 Å². The molecule has 6 aromatic rings. The van der Waals surface area contributed by atoms with Crippen molar-refractivity contribution >= 4 is 96.4 Å². The molecule has 0 radical (unpaired) electrons. The fraction of sp³-hybridized carbons (Fsp3) is 0.378. The molecule has 92 heavy (non-hydrogen) atoms. The minimum atomic E-state index is -0.898. The molecule has 6 aromatic heterocycles. The third kappa shape index (κ3) is 14.6. The van der Waals surface area contributed by atoms with E-state index >= 15 is 0 Å². The van der Waals surface area contributed by atoms with Crippen molar-refractivity contribution in [1.29, 1.82) is 5.41 Å². The molecule has 8 heterocycles. The highest BCUT2D eigenvalue weighted by atomic mass is 16.5. The molecule has 3 atom stereocenters. The normalized spacial score (nSPS) is 13.4. The van der Waals surface area contributed by atoms with Crippen molar-refractivity contribution in [3.05, 3.63) is 167 Å². The number of fused-ring (bicyclic) bond motifs is 12. The second-order valence-electron chi connectivity index (χ2n) is 23.8. The highest BCUT2D eigenvalue weighted by molar-refractivity contribution is 5.95. The first-order chi connectivity index (χ1) is 43.8. The summed E-state index contributed by atoms with van der Waals surface area (Å²) in [7, 11) is 7.24. The van der Waals surface area contributed by atoms with Crippen molar-refractivity contribution in [2.75, 3.05) is 35.5 Å². The molecule has 2 aliphatic rings. The number of ether oxygens (including phenoxy) is 5. The molecule has 0 saturated heterocycles. The van der Waals surface area contributed by atoms with Crippen LogP contribution in [-0.4, -0.2) is 94.4 Å². The summed E-state index contributed by atoms with van der Waals surface area (Å²) in [4.78, 5) is 80.8. The van der Waals surface area contributed by atoms with Crippen LogP contribution >= 0.6 is 0 Å². The van der Waals surface area contributed by atoms with E-state index in [-0.39, 0.29) is 54.9 Å². The number of nitrogens with zero attached hydrogens (tertiary/aromatic N) is 3. The summed E-state index contributed by atoms with van der Waals surface area (Å²) in [6, 6.07) is 17.8. The summed E-state index contributed by atoms with van der Waals surface area (Å²) >= 11 is 0. The topological polar surface area (TPSA) is 260 Å². The van der Waals surface area contributed by atoms with Gasteiger partial charge in [-0.1, -0.05) is 18.7 Å². The number of aromatic nitrogens is 6. The van der Waals surface area contributed by atoms with E-state index in [1.807, 2.05) is 112 Å². The fourth-order valence-electron chi connectivity index (χ4n) is 12.9. The number of aryl methyl sites for hydroxylation is 7. The fourth-order valence-corrected chi connectivity index (χ4v) is 12.9. The summed E-state index contributed by atoms with van der Waals surface area (Å²) < 4.78 is 27.7. The number of H-pyrrole nitrogens is 4. The molecule has 12 bridgehead atoms. The Morgan fingerprint density at radius 2 is 0.989 bits per heavy atom. The maximum absolute atomic E-state index is 12.8. The Bertz CT molecular complexity index is 4530. The summed E-state index contributed by atoms with van der Waals surface area (Å²) in [5.74, 6) is -1.39. The van der Waals surface area contributed by atoms with Crippen molar-refractivity contribution in [2.24, 2.45) is 4.99 Å². The number of nitrogens with one attached hydrogen (secondary N) is 5. The zero-order valence-corrected chi connectivity index (χ0v) is 56.3. The zero-order valence-electron chi connectivity index (χ0n) is 56.3. The zero-order chi connectivity index (χ0) is 67.2. The second-order valence-corrected chi connectivity index (χ2v) is 23.8. The van der Waals surface area contributed by atoms with E-state index in [1.54, 1.807) is 20.0 Å². The number of hydrogen-bond acceptors (Lipinski definition) is 14. The van der Waals surface area contributed by atoms with Gasteiger partial charge in [0, 0.05) is 93.6 Å². The van der Waals surface area contributed by atoms with E-state index in [9.17, 15) is 29.7 Å². The van der Waals surface area contributed by atoms with Crippen LogP contribution in [0.25, 0.3) is 72.5 Å². The van der Waals surface area contributed by atoms with E-state index in [0.29, 0.717) is 70.3 Å². The molecule has 0 amide bonds. The van der Waals surface area contributed by atoms with Gasteiger partial charge in [-0.15, -0.1) is 0 Å². The monoisotopic (exact) mass is 1250 g/mol. The minimum absolute atomic E-state index is 0.109. The Kier molecular flexibility index (Phi) is 21.9. The molecular weight excluding hydrogens is 1160 g/mol. The first kappa shape index (κ1) is 68.6. The van der Waals surface area contributed by atoms with Crippen LogP contribution in [0.15, 0.2) is 66.2 Å². The van der Waals surface area contributed by atoms with Gasteiger partial charge in [0.05, 0.1) is 80.2 Å². The van der Waals surface area contributed by atoms with Crippen LogP contribution in [0.1, 0.15) is 187 Å². The van der Waals surface area contributed by atoms with Gasteiger partial charge in [0.1, 0.15) is 0 Å². The summed E-state index contributed by atoms with van der Waals surface area (Å²) in [5.41, 5.74) is 23.0. The molecular formula is C74H88N8O10. The van der Waals surface area contributed by atoms with Crippen LogP contribution in [0.5, 0.6) is 0 Å². The van der Waals surface area contributed by atoms with E-state index in [4.69, 9.17) is 38.6 Å². The van der Waals surface area contributed by atoms with Crippen LogP contribution in [-0.2, 0) is 55.7 Å². The maximum Gasteiger partial charge on any atom is 0.305 e. The SMILES string of the molecule is C=Cc1c(C)c2cc3nc(ccc(CCC(=O)OC)c(C)c(=NC)cc4[nH]c(cc1[nH]2)c(C)c4C(C)OC(C)c1c(C)cc2[nH]c(cc4nc(cc5[nH]c(cc(=N)c1C)c(C(C)O)c5C)C(C)=C4CCC(=O)OC)c(CCC(=O)OC)c2C)C(CCC(=O)OC)=C3C. The van der Waals surface area contributed by atoms with Crippen molar-refractivity contribution < 1.29 is 48.0 Å². The Morgan fingerprint density at radius 1 is 0.522 bits per heavy atom. The second kappa shape index (κ2) is 29.4. The molecule has 2 aliphatic heterocycles. The van der Waals surface area contributed by atoms with Crippen LogP contribution in [0.4, 0.5) is 0 Å². The van der Waals surface area contributed by atoms with Crippen LogP contribution in [0.3, 0.4) is 0 Å². The number of allylic oxidation sites excluding steroid dienone is 4. The number of methoxy groups -OCH3 is 4. The number of aliphatic hydroxyl groups is 1. The molecule has 18 heteroatoms. The average Bonchev–Trinajstić information content (AvgIpc) is 1.63. The van der Waals surface area contributed by atoms with Gasteiger partial charge in [0.15, 0.2) is 0 Å². The molecule has 0 fully saturated rings. The lowest BCUT2D eigenvalue weighted by Crippen LogP contribution is -2.13. The molecule has 0 aromatic carbocycles. The van der Waals surface area contributed by atoms with Crippen LogP contribution in [0.2, 0.25) is 0 Å². The Balaban J connectivity index is 1.42. The first-order valence-corrected chi connectivity index (χ1v) is 31.1. The largest absolute Gasteiger partial charge is 0.469 e. The highest BCUT2D eigenvalue weighted by Gasteiger charge is 2.25. The standard InChI is InChI=1S/C74H88N8O10/c1-19-50-39(4)58-33-59-40(5)51(22-27-69(85)89-16)55(77-59)25-20-49(21-26-68(84)88-15)38(3)56(76-14)32-67-74(45(10)62(82-67)35-63(50)79-58)48(13)92-47(12)72-37(2)30-57-41(6)52(23-28-70(86)90-17)64(78-57)36-65-53(24-29-71(87)91-18)42(7)60(80-65)34-61-44(9)73(46(11)83)66(81-61)31-54(75)43(72)8/h19-20,25,30-36,46-48,75,78-79,81-83H,1,21-24,26-29H2,2-18H3. The van der Waals surface area contributed by atoms with E-state index in [0.717, 1.165) is 122 Å². The number of aliphatic hydroxyl groups excluding tert-OH is 1. The first-order valence-electron chi connectivity index (χ1n) is 31.1. The quantitative estimate of drug-likeness (QED) is 0.0347. The van der Waals surface area contributed by atoms with Crippen LogP contribution in [0, 0.1) is 53.9 Å².